The second kappa shape index (κ2) is 11.6. The molecule has 2 rings (SSSR count). The molecule has 0 saturated carbocycles. The quantitative estimate of drug-likeness (QED) is 0.143. The lowest BCUT2D eigenvalue weighted by Crippen LogP contribution is -2.13. The van der Waals surface area contributed by atoms with E-state index in [0.717, 1.165) is 12.1 Å². The summed E-state index contributed by atoms with van der Waals surface area (Å²) in [5.41, 5.74) is -0.652. The van der Waals surface area contributed by atoms with Gasteiger partial charge in [0.2, 0.25) is 5.91 Å². The average molecular weight is 539 g/mol. The highest BCUT2D eigenvalue weighted by molar-refractivity contribution is 9.10. The minimum atomic E-state index is -0.822. The van der Waals surface area contributed by atoms with Crippen LogP contribution in [-0.2, 0) is 14.3 Å². The molecule has 0 saturated heterocycles. The van der Waals surface area contributed by atoms with Gasteiger partial charge in [-0.15, -0.1) is 10.2 Å². The SMILES string of the molecule is COc1cc(N=Nc2c(Br)cc([N+](=O)[O-])cc2[N+](=O)[O-])c(NC(C)=O)cc1NCCOC(C)=O. The van der Waals surface area contributed by atoms with Crippen molar-refractivity contribution in [3.8, 4) is 5.75 Å². The predicted octanol–water partition coefficient (Wildman–Crippen LogP) is 4.62. The maximum absolute atomic E-state index is 11.7. The van der Waals surface area contributed by atoms with E-state index < -0.39 is 33.1 Å². The minimum absolute atomic E-state index is 0.0195. The lowest BCUT2D eigenvalue weighted by atomic mass is 10.2. The zero-order chi connectivity index (χ0) is 25.4. The van der Waals surface area contributed by atoms with Gasteiger partial charge in [-0.1, -0.05) is 0 Å². The molecule has 2 N–H and O–H groups in total. The number of hydrogen-bond acceptors (Lipinski definition) is 11. The Hall–Kier alpha value is -4.14. The third-order valence-electron chi connectivity index (χ3n) is 4.04. The molecule has 34 heavy (non-hydrogen) atoms. The second-order valence-corrected chi connectivity index (χ2v) is 7.38. The molecule has 2 aromatic carbocycles. The Morgan fingerprint density at radius 1 is 1.06 bits per heavy atom. The van der Waals surface area contributed by atoms with Crippen LogP contribution in [0.25, 0.3) is 0 Å². The zero-order valence-corrected chi connectivity index (χ0v) is 19.7. The van der Waals surface area contributed by atoms with E-state index in [9.17, 15) is 29.8 Å². The summed E-state index contributed by atoms with van der Waals surface area (Å²) in [5.74, 6) is -0.562. The van der Waals surface area contributed by atoms with E-state index in [-0.39, 0.29) is 34.7 Å². The van der Waals surface area contributed by atoms with Crippen molar-refractivity contribution in [3.05, 3.63) is 49.0 Å². The lowest BCUT2D eigenvalue weighted by molar-refractivity contribution is -0.393. The van der Waals surface area contributed by atoms with Crippen LogP contribution in [0.1, 0.15) is 13.8 Å². The number of nitrogens with zero attached hydrogens (tertiary/aromatic N) is 4. The van der Waals surface area contributed by atoms with Crippen LogP contribution in [0.15, 0.2) is 39.0 Å². The van der Waals surface area contributed by atoms with Crippen LogP contribution in [0.3, 0.4) is 0 Å². The minimum Gasteiger partial charge on any atom is -0.495 e. The van der Waals surface area contributed by atoms with Gasteiger partial charge in [-0.05, 0) is 22.0 Å². The van der Waals surface area contributed by atoms with Gasteiger partial charge in [0.25, 0.3) is 5.69 Å². The number of nitro benzene ring substituents is 2. The molecule has 14 nitrogen and oxygen atoms in total. The number of halogens is 1. The van der Waals surface area contributed by atoms with Gasteiger partial charge in [0, 0.05) is 32.5 Å². The topological polar surface area (TPSA) is 188 Å². The highest BCUT2D eigenvalue weighted by Gasteiger charge is 2.23. The molecule has 0 aliphatic rings. The number of azo groups is 1. The van der Waals surface area contributed by atoms with Crippen molar-refractivity contribution in [2.45, 2.75) is 13.8 Å². The Balaban J connectivity index is 2.50. The van der Waals surface area contributed by atoms with Crippen molar-refractivity contribution >= 4 is 61.9 Å². The number of rotatable bonds is 10. The van der Waals surface area contributed by atoms with Gasteiger partial charge < -0.3 is 20.1 Å². The zero-order valence-electron chi connectivity index (χ0n) is 18.2. The molecule has 15 heteroatoms. The molecule has 180 valence electrons. The van der Waals surface area contributed by atoms with Crippen molar-refractivity contribution < 1.29 is 28.9 Å². The first-order chi connectivity index (χ1) is 16.0. The van der Waals surface area contributed by atoms with Gasteiger partial charge in [0.15, 0.2) is 5.69 Å². The van der Waals surface area contributed by atoms with Gasteiger partial charge in [0.05, 0.1) is 38.9 Å². The van der Waals surface area contributed by atoms with Crippen molar-refractivity contribution in [3.63, 3.8) is 0 Å². The first kappa shape index (κ1) is 26.1. The highest BCUT2D eigenvalue weighted by atomic mass is 79.9. The van der Waals surface area contributed by atoms with Gasteiger partial charge in [-0.25, -0.2) is 0 Å². The molecule has 2 aromatic rings. The third kappa shape index (κ3) is 6.93. The molecule has 0 fully saturated rings. The Morgan fingerprint density at radius 2 is 1.76 bits per heavy atom. The summed E-state index contributed by atoms with van der Waals surface area (Å²) in [7, 11) is 1.39. The fourth-order valence-corrected chi connectivity index (χ4v) is 3.16. The van der Waals surface area contributed by atoms with Crippen LogP contribution >= 0.6 is 15.9 Å². The molecule has 0 aliphatic heterocycles. The lowest BCUT2D eigenvalue weighted by Gasteiger charge is -2.15. The number of hydrogen-bond donors (Lipinski definition) is 2. The van der Waals surface area contributed by atoms with E-state index in [2.05, 4.69) is 36.8 Å². The van der Waals surface area contributed by atoms with Crippen molar-refractivity contribution in [2.75, 3.05) is 30.9 Å². The van der Waals surface area contributed by atoms with Gasteiger partial charge in [-0.2, -0.15) is 0 Å². The highest BCUT2D eigenvalue weighted by Crippen LogP contribution is 2.42. The number of nitrogens with one attached hydrogen (secondary N) is 2. The molecule has 0 spiro atoms. The van der Waals surface area contributed by atoms with E-state index in [0.29, 0.717) is 11.4 Å². The molecule has 0 unspecified atom stereocenters. The Bertz CT molecular complexity index is 1170. The summed E-state index contributed by atoms with van der Waals surface area (Å²) in [4.78, 5) is 43.4. The van der Waals surface area contributed by atoms with Crippen LogP contribution in [0.4, 0.5) is 34.1 Å². The summed E-state index contributed by atoms with van der Waals surface area (Å²) in [6.07, 6.45) is 0. The van der Waals surface area contributed by atoms with E-state index in [4.69, 9.17) is 9.47 Å². The predicted molar refractivity (Wildman–Crippen MR) is 124 cm³/mol. The standard InChI is InChI=1S/C19H19BrN6O8/c1-10(27)22-14-8-16(21-4-5-34-11(2)28)18(33-3)9-15(14)23-24-19-13(20)6-12(25(29)30)7-17(19)26(31)32/h6-9,21H,4-5H2,1-3H3,(H,22,27). The number of nitro groups is 2. The van der Waals surface area contributed by atoms with Crippen molar-refractivity contribution in [1.82, 2.24) is 0 Å². The van der Waals surface area contributed by atoms with Gasteiger partial charge in [0.1, 0.15) is 18.0 Å². The molecule has 0 radical (unpaired) electrons. The first-order valence-electron chi connectivity index (χ1n) is 9.44. The summed E-state index contributed by atoms with van der Waals surface area (Å²) >= 11 is 3.05. The Kier molecular flexibility index (Phi) is 8.94. The van der Waals surface area contributed by atoms with Crippen LogP contribution in [-0.4, -0.2) is 42.0 Å². The Morgan fingerprint density at radius 3 is 2.32 bits per heavy atom. The van der Waals surface area contributed by atoms with E-state index >= 15 is 0 Å². The fourth-order valence-electron chi connectivity index (χ4n) is 2.65. The number of carbonyl (C=O) groups is 2. The average Bonchev–Trinajstić information content (AvgIpc) is 2.75. The van der Waals surface area contributed by atoms with Crippen molar-refractivity contribution in [1.29, 1.82) is 0 Å². The molecule has 0 heterocycles. The Labute approximate surface area is 200 Å². The van der Waals surface area contributed by atoms with Crippen LogP contribution in [0.2, 0.25) is 0 Å². The summed E-state index contributed by atoms with van der Waals surface area (Å²) < 4.78 is 10.2. The fraction of sp³-hybridized carbons (Fsp3) is 0.263. The van der Waals surface area contributed by atoms with E-state index in [1.165, 1.54) is 33.1 Å². The van der Waals surface area contributed by atoms with Crippen molar-refractivity contribution in [2.24, 2.45) is 10.2 Å². The van der Waals surface area contributed by atoms with E-state index in [1.807, 2.05) is 0 Å². The van der Waals surface area contributed by atoms with Crippen LogP contribution in [0, 0.1) is 20.2 Å². The number of amides is 1. The molecular weight excluding hydrogens is 520 g/mol. The molecule has 1 amide bonds. The number of methoxy groups -OCH3 is 1. The number of benzene rings is 2. The monoisotopic (exact) mass is 538 g/mol. The number of esters is 1. The first-order valence-corrected chi connectivity index (χ1v) is 10.2. The van der Waals surface area contributed by atoms with Crippen LogP contribution < -0.4 is 15.4 Å². The maximum atomic E-state index is 11.7. The summed E-state index contributed by atoms with van der Waals surface area (Å²) in [6.45, 7) is 2.89. The normalized spacial score (nSPS) is 10.6. The number of ether oxygens (including phenoxy) is 2. The van der Waals surface area contributed by atoms with E-state index in [1.54, 1.807) is 0 Å². The number of anilines is 2. The summed E-state index contributed by atoms with van der Waals surface area (Å²) in [5, 5.41) is 35.9. The summed E-state index contributed by atoms with van der Waals surface area (Å²) in [6, 6.07) is 4.76. The molecule has 0 aliphatic carbocycles. The molecule has 0 aromatic heterocycles. The van der Waals surface area contributed by atoms with Gasteiger partial charge in [-0.3, -0.25) is 29.8 Å². The maximum Gasteiger partial charge on any atom is 0.304 e. The third-order valence-corrected chi connectivity index (χ3v) is 4.65. The molecule has 0 atom stereocenters. The van der Waals surface area contributed by atoms with Gasteiger partial charge >= 0.3 is 11.7 Å². The smallest absolute Gasteiger partial charge is 0.304 e. The number of non-ortho nitro benzene ring substituents is 1. The number of carbonyl (C=O) groups excluding carboxylic acids is 2. The van der Waals surface area contributed by atoms with Crippen LogP contribution in [0.5, 0.6) is 5.75 Å². The largest absolute Gasteiger partial charge is 0.495 e. The molecular formula is C19H19BrN6O8. The second-order valence-electron chi connectivity index (χ2n) is 6.53. The molecule has 0 bridgehead atoms.